The Labute approximate surface area is 184 Å². The number of halogens is 4. The van der Waals surface area contributed by atoms with Gasteiger partial charge in [-0.1, -0.05) is 0 Å². The molecule has 1 aromatic heterocycles. The van der Waals surface area contributed by atoms with Crippen LogP contribution in [0.15, 0.2) is 46.9 Å². The van der Waals surface area contributed by atoms with Crippen molar-refractivity contribution < 1.29 is 22.8 Å². The Kier molecular flexibility index (Phi) is 6.21. The Bertz CT molecular complexity index is 1150. The zero-order valence-electron chi connectivity index (χ0n) is 16.8. The lowest BCUT2D eigenvalue weighted by Gasteiger charge is -2.15. The molecule has 3 aromatic rings. The maximum absolute atomic E-state index is 13.1. The van der Waals surface area contributed by atoms with Crippen LogP contribution in [0, 0.1) is 13.8 Å². The topological polar surface area (TPSA) is 76.0 Å². The van der Waals surface area contributed by atoms with Crippen molar-refractivity contribution in [1.82, 2.24) is 9.78 Å². The van der Waals surface area contributed by atoms with E-state index in [1.165, 1.54) is 6.92 Å². The lowest BCUT2D eigenvalue weighted by Crippen LogP contribution is -2.16. The number of aromatic nitrogens is 2. The van der Waals surface area contributed by atoms with E-state index >= 15 is 0 Å². The lowest BCUT2D eigenvalue weighted by molar-refractivity contribution is -0.137. The molecule has 0 atom stereocenters. The van der Waals surface area contributed by atoms with E-state index < -0.39 is 23.6 Å². The number of nitrogens with one attached hydrogen (secondary N) is 2. The summed E-state index contributed by atoms with van der Waals surface area (Å²) in [7, 11) is 0. The molecule has 2 amide bonds. The van der Waals surface area contributed by atoms with E-state index in [0.717, 1.165) is 39.7 Å². The number of hydrogen-bond donors (Lipinski definition) is 2. The number of alkyl halides is 3. The minimum atomic E-state index is -4.59. The predicted molar refractivity (Wildman–Crippen MR) is 114 cm³/mol. The van der Waals surface area contributed by atoms with Crippen LogP contribution in [0.25, 0.3) is 5.69 Å². The summed E-state index contributed by atoms with van der Waals surface area (Å²) >= 11 is 3.46. The molecular weight excluding hydrogens is 477 g/mol. The average molecular weight is 495 g/mol. The molecule has 0 radical (unpaired) electrons. The molecule has 0 bridgehead atoms. The average Bonchev–Trinajstić information content (AvgIpc) is 2.95. The molecule has 6 nitrogen and oxygen atoms in total. The summed E-state index contributed by atoms with van der Waals surface area (Å²) in [4.78, 5) is 24.0. The maximum Gasteiger partial charge on any atom is 0.416 e. The molecule has 10 heteroatoms. The summed E-state index contributed by atoms with van der Waals surface area (Å²) in [5, 5.41) is 9.28. The van der Waals surface area contributed by atoms with Gasteiger partial charge in [-0.25, -0.2) is 4.68 Å². The number of rotatable bonds is 4. The van der Waals surface area contributed by atoms with Crippen molar-refractivity contribution in [2.75, 3.05) is 10.6 Å². The molecule has 0 saturated carbocycles. The normalized spacial score (nSPS) is 11.3. The fourth-order valence-corrected chi connectivity index (χ4v) is 3.19. The smallest absolute Gasteiger partial charge is 0.325 e. The first-order valence-corrected chi connectivity index (χ1v) is 9.89. The Balaban J connectivity index is 1.88. The molecule has 0 aliphatic carbocycles. The molecule has 0 aliphatic heterocycles. The first kappa shape index (κ1) is 22.5. The zero-order valence-corrected chi connectivity index (χ0v) is 18.4. The molecule has 0 aliphatic rings. The molecular formula is C21H18BrF3N4O2. The second-order valence-electron chi connectivity index (χ2n) is 6.84. The number of amides is 2. The second kappa shape index (κ2) is 8.54. The minimum absolute atomic E-state index is 0.0676. The van der Waals surface area contributed by atoms with Crippen LogP contribution in [-0.2, 0) is 11.0 Å². The van der Waals surface area contributed by atoms with Gasteiger partial charge in [0.2, 0.25) is 5.91 Å². The van der Waals surface area contributed by atoms with Gasteiger partial charge >= 0.3 is 6.18 Å². The number of aryl methyl sites for hydroxylation is 1. The predicted octanol–water partition coefficient (Wildman–Crippen LogP) is 5.48. The van der Waals surface area contributed by atoms with Gasteiger partial charge in [-0.15, -0.1) is 0 Å². The van der Waals surface area contributed by atoms with Crippen molar-refractivity contribution in [3.63, 3.8) is 0 Å². The Hall–Kier alpha value is -3.14. The van der Waals surface area contributed by atoms with E-state index in [1.807, 2.05) is 13.8 Å². The fraction of sp³-hybridized carbons (Fsp3) is 0.190. The van der Waals surface area contributed by atoms with Crippen LogP contribution in [0.1, 0.15) is 34.2 Å². The van der Waals surface area contributed by atoms with Crippen molar-refractivity contribution in [1.29, 1.82) is 0 Å². The third kappa shape index (κ3) is 4.96. The number of anilines is 2. The molecule has 162 valence electrons. The van der Waals surface area contributed by atoms with Crippen LogP contribution in [-0.4, -0.2) is 21.6 Å². The molecule has 3 rings (SSSR count). The van der Waals surface area contributed by atoms with Crippen molar-refractivity contribution in [3.05, 3.63) is 69.5 Å². The second-order valence-corrected chi connectivity index (χ2v) is 7.63. The SMILES string of the molecule is CC(=O)Nc1ccc(C(F)(F)F)cc1NC(=O)c1ccc(-n2nc(C)c(Br)c2C)cc1. The van der Waals surface area contributed by atoms with Crippen LogP contribution in [0.4, 0.5) is 24.5 Å². The van der Waals surface area contributed by atoms with E-state index in [-0.39, 0.29) is 16.9 Å². The molecule has 0 unspecified atom stereocenters. The number of nitrogens with zero attached hydrogens (tertiary/aromatic N) is 2. The number of carbonyl (C=O) groups is 2. The highest BCUT2D eigenvalue weighted by atomic mass is 79.9. The molecule has 31 heavy (non-hydrogen) atoms. The van der Waals surface area contributed by atoms with Gasteiger partial charge in [-0.3, -0.25) is 9.59 Å². The van der Waals surface area contributed by atoms with E-state index in [9.17, 15) is 22.8 Å². The molecule has 0 fully saturated rings. The zero-order chi connectivity index (χ0) is 22.9. The van der Waals surface area contributed by atoms with E-state index in [2.05, 4.69) is 31.7 Å². The maximum atomic E-state index is 13.1. The van der Waals surface area contributed by atoms with Crippen molar-refractivity contribution in [3.8, 4) is 5.69 Å². The number of carbonyl (C=O) groups excluding carboxylic acids is 2. The van der Waals surface area contributed by atoms with Gasteiger partial charge in [0.05, 0.1) is 38.5 Å². The third-order valence-corrected chi connectivity index (χ3v) is 5.63. The number of benzene rings is 2. The molecule has 0 spiro atoms. The minimum Gasteiger partial charge on any atom is -0.325 e. The molecule has 0 saturated heterocycles. The van der Waals surface area contributed by atoms with E-state index in [0.29, 0.717) is 0 Å². The van der Waals surface area contributed by atoms with E-state index in [4.69, 9.17) is 0 Å². The van der Waals surface area contributed by atoms with Gasteiger partial charge < -0.3 is 10.6 Å². The van der Waals surface area contributed by atoms with Crippen LogP contribution >= 0.6 is 15.9 Å². The van der Waals surface area contributed by atoms with Crippen LogP contribution in [0.3, 0.4) is 0 Å². The summed E-state index contributed by atoms with van der Waals surface area (Å²) in [6.45, 7) is 4.97. The first-order chi connectivity index (χ1) is 14.5. The summed E-state index contributed by atoms with van der Waals surface area (Å²) < 4.78 is 41.8. The molecule has 2 aromatic carbocycles. The first-order valence-electron chi connectivity index (χ1n) is 9.09. The highest BCUT2D eigenvalue weighted by Gasteiger charge is 2.31. The largest absolute Gasteiger partial charge is 0.416 e. The van der Waals surface area contributed by atoms with Crippen LogP contribution in [0.5, 0.6) is 0 Å². The highest BCUT2D eigenvalue weighted by Crippen LogP contribution is 2.34. The van der Waals surface area contributed by atoms with Crippen molar-refractivity contribution >= 4 is 39.1 Å². The standard InChI is InChI=1S/C21H18BrF3N4O2/c1-11-19(22)12(2)29(28-11)16-7-4-14(5-8-16)20(31)27-18-10-15(21(23,24)25)6-9-17(18)26-13(3)30/h4-10H,1-3H3,(H,26,30)(H,27,31). The van der Waals surface area contributed by atoms with Crippen molar-refractivity contribution in [2.45, 2.75) is 26.9 Å². The third-order valence-electron chi connectivity index (χ3n) is 4.48. The fourth-order valence-electron chi connectivity index (χ4n) is 2.95. The highest BCUT2D eigenvalue weighted by molar-refractivity contribution is 9.10. The quantitative estimate of drug-likeness (QED) is 0.504. The summed E-state index contributed by atoms with van der Waals surface area (Å²) in [5.41, 5.74) is 1.63. The van der Waals surface area contributed by atoms with Crippen LogP contribution < -0.4 is 10.6 Å². The van der Waals surface area contributed by atoms with Gasteiger partial charge in [0.25, 0.3) is 5.91 Å². The molecule has 1 heterocycles. The Morgan fingerprint density at radius 2 is 1.65 bits per heavy atom. The van der Waals surface area contributed by atoms with Gasteiger partial charge in [0.1, 0.15) is 0 Å². The Morgan fingerprint density at radius 1 is 1.00 bits per heavy atom. The van der Waals surface area contributed by atoms with Gasteiger partial charge in [-0.05, 0) is 72.2 Å². The Morgan fingerprint density at radius 3 is 2.16 bits per heavy atom. The lowest BCUT2D eigenvalue weighted by atomic mass is 10.1. The molecule has 2 N–H and O–H groups in total. The van der Waals surface area contributed by atoms with Gasteiger partial charge in [0, 0.05) is 12.5 Å². The van der Waals surface area contributed by atoms with Crippen LogP contribution in [0.2, 0.25) is 0 Å². The summed E-state index contributed by atoms with van der Waals surface area (Å²) in [6, 6.07) is 9.17. The van der Waals surface area contributed by atoms with Gasteiger partial charge in [0.15, 0.2) is 0 Å². The summed E-state index contributed by atoms with van der Waals surface area (Å²) in [5.74, 6) is -1.09. The van der Waals surface area contributed by atoms with Crippen molar-refractivity contribution in [2.24, 2.45) is 0 Å². The number of hydrogen-bond acceptors (Lipinski definition) is 3. The summed E-state index contributed by atoms with van der Waals surface area (Å²) in [6.07, 6.45) is -4.59. The van der Waals surface area contributed by atoms with E-state index in [1.54, 1.807) is 28.9 Å². The van der Waals surface area contributed by atoms with Gasteiger partial charge in [-0.2, -0.15) is 18.3 Å². The monoisotopic (exact) mass is 494 g/mol.